The van der Waals surface area contributed by atoms with Gasteiger partial charge in [-0.15, -0.1) is 11.3 Å². The van der Waals surface area contributed by atoms with Gasteiger partial charge in [0.1, 0.15) is 0 Å². The Balaban J connectivity index is 1.41. The minimum Gasteiger partial charge on any atom is -0.385 e. The van der Waals surface area contributed by atoms with E-state index in [0.29, 0.717) is 32.0 Å². The van der Waals surface area contributed by atoms with E-state index >= 15 is 0 Å². The van der Waals surface area contributed by atoms with Crippen LogP contribution in [0.3, 0.4) is 0 Å². The van der Waals surface area contributed by atoms with Crippen molar-refractivity contribution in [3.8, 4) is 0 Å². The van der Waals surface area contributed by atoms with Crippen LogP contribution in [-0.2, 0) is 10.3 Å². The molecule has 36 heavy (non-hydrogen) atoms. The summed E-state index contributed by atoms with van der Waals surface area (Å²) in [6.07, 6.45) is 11.8. The third kappa shape index (κ3) is 6.80. The topological polar surface area (TPSA) is 87.8 Å². The Labute approximate surface area is 220 Å². The van der Waals surface area contributed by atoms with Gasteiger partial charge in [0.25, 0.3) is 0 Å². The lowest BCUT2D eigenvalue weighted by atomic mass is 9.73. The molecule has 0 spiro atoms. The molecule has 0 bridgehead atoms. The number of piperidine rings is 1. The number of rotatable bonds is 11. The van der Waals surface area contributed by atoms with E-state index in [1.165, 1.54) is 36.8 Å². The smallest absolute Gasteiger partial charge is 0.317 e. The van der Waals surface area contributed by atoms with Gasteiger partial charge < -0.3 is 25.8 Å². The lowest BCUT2D eigenvalue weighted by Gasteiger charge is -2.43. The summed E-state index contributed by atoms with van der Waals surface area (Å²) in [4.78, 5) is 15.0. The fraction of sp³-hybridized carbons (Fsp3) is 0.690. The van der Waals surface area contributed by atoms with E-state index in [1.807, 2.05) is 4.90 Å². The van der Waals surface area contributed by atoms with E-state index in [4.69, 9.17) is 10.5 Å². The second-order valence-corrected chi connectivity index (χ2v) is 11.9. The summed E-state index contributed by atoms with van der Waals surface area (Å²) >= 11 is 1.71. The monoisotopic (exact) mass is 515 g/mol. The Morgan fingerprint density at radius 3 is 2.86 bits per heavy atom. The van der Waals surface area contributed by atoms with E-state index in [2.05, 4.69) is 35.0 Å². The number of carbonyl (C=O) groups is 1. The molecule has 2 amide bonds. The summed E-state index contributed by atoms with van der Waals surface area (Å²) in [5.41, 5.74) is 6.41. The standard InChI is InChI=1S/C29H45N3O3S/c1-35-17-6-5-15-29(34,26-12-7-13-27-25(26)14-18-36-27)23-11-8-16-32(21-23)28(33)31-20-24(30)19-22-9-3-2-4-10-22/h7,12-14,18,22-24,34H,2-6,8-11,15-17,19-21,30H2,1H3,(H,31,33). The first-order chi connectivity index (χ1) is 17.5. The van der Waals surface area contributed by atoms with Gasteiger partial charge in [-0.25, -0.2) is 4.79 Å². The Kier molecular flexibility index (Phi) is 10.1. The Morgan fingerprint density at radius 1 is 1.22 bits per heavy atom. The van der Waals surface area contributed by atoms with Crippen molar-refractivity contribution in [2.45, 2.75) is 82.3 Å². The van der Waals surface area contributed by atoms with Gasteiger partial charge in [0.05, 0.1) is 5.60 Å². The first-order valence-corrected chi connectivity index (χ1v) is 14.9. The van der Waals surface area contributed by atoms with Crippen molar-refractivity contribution in [3.63, 3.8) is 0 Å². The number of carbonyl (C=O) groups excluding carboxylic acids is 1. The molecule has 2 heterocycles. The predicted octanol–water partition coefficient (Wildman–Crippen LogP) is 5.62. The van der Waals surface area contributed by atoms with E-state index < -0.39 is 5.60 Å². The number of ether oxygens (including phenoxy) is 1. The quantitative estimate of drug-likeness (QED) is 0.339. The minimum absolute atomic E-state index is 0.00606. The van der Waals surface area contributed by atoms with Crippen LogP contribution in [0.15, 0.2) is 29.6 Å². The third-order valence-electron chi connectivity index (χ3n) is 8.38. The number of unbranched alkanes of at least 4 members (excludes halogenated alkanes) is 1. The maximum atomic E-state index is 13.1. The van der Waals surface area contributed by atoms with Crippen molar-refractivity contribution in [2.24, 2.45) is 17.6 Å². The first-order valence-electron chi connectivity index (χ1n) is 14.0. The van der Waals surface area contributed by atoms with E-state index in [0.717, 1.165) is 49.6 Å². The van der Waals surface area contributed by atoms with Crippen molar-refractivity contribution in [3.05, 3.63) is 35.2 Å². The zero-order valence-corrected chi connectivity index (χ0v) is 22.7. The molecule has 3 atom stereocenters. The number of likely N-dealkylation sites (tertiary alicyclic amines) is 1. The predicted molar refractivity (Wildman–Crippen MR) is 148 cm³/mol. The number of hydrogen-bond donors (Lipinski definition) is 3. The van der Waals surface area contributed by atoms with Crippen LogP contribution in [0.2, 0.25) is 0 Å². The normalized spacial score (nSPS) is 21.9. The number of aliphatic hydroxyl groups is 1. The molecule has 2 aromatic rings. The zero-order chi connectivity index (χ0) is 25.4. The van der Waals surface area contributed by atoms with Crippen LogP contribution >= 0.6 is 11.3 Å². The second-order valence-electron chi connectivity index (χ2n) is 11.0. The molecule has 1 saturated carbocycles. The van der Waals surface area contributed by atoms with Crippen LogP contribution in [0.1, 0.15) is 76.2 Å². The number of nitrogens with two attached hydrogens (primary N) is 1. The maximum Gasteiger partial charge on any atom is 0.317 e. The van der Waals surface area contributed by atoms with Gasteiger partial charge in [0.15, 0.2) is 0 Å². The fourth-order valence-electron chi connectivity index (χ4n) is 6.39. The minimum atomic E-state index is -0.981. The number of thiophene rings is 1. The number of nitrogens with zero attached hydrogens (tertiary/aromatic N) is 1. The SMILES string of the molecule is COCCCCC(O)(c1cccc2sccc12)C1CCCN(C(=O)NCC(N)CC2CCCCC2)C1. The van der Waals surface area contributed by atoms with E-state index in [1.54, 1.807) is 18.4 Å². The molecule has 1 aromatic carbocycles. The molecule has 0 radical (unpaired) electrons. The van der Waals surface area contributed by atoms with Crippen LogP contribution < -0.4 is 11.1 Å². The van der Waals surface area contributed by atoms with Crippen molar-refractivity contribution >= 4 is 27.5 Å². The van der Waals surface area contributed by atoms with Crippen LogP contribution in [0.25, 0.3) is 10.1 Å². The first kappa shape index (κ1) is 27.4. The van der Waals surface area contributed by atoms with Gasteiger partial charge in [-0.1, -0.05) is 44.2 Å². The highest BCUT2D eigenvalue weighted by Gasteiger charge is 2.42. The highest BCUT2D eigenvalue weighted by Crippen LogP contribution is 2.43. The molecule has 200 valence electrons. The van der Waals surface area contributed by atoms with Gasteiger partial charge in [0, 0.05) is 50.0 Å². The zero-order valence-electron chi connectivity index (χ0n) is 21.9. The van der Waals surface area contributed by atoms with Crippen molar-refractivity contribution in [1.82, 2.24) is 10.2 Å². The number of fused-ring (bicyclic) bond motifs is 1. The Morgan fingerprint density at radius 2 is 2.06 bits per heavy atom. The number of methoxy groups -OCH3 is 1. The average molecular weight is 516 g/mol. The van der Waals surface area contributed by atoms with Crippen molar-refractivity contribution < 1.29 is 14.6 Å². The Bertz CT molecular complexity index is 960. The highest BCUT2D eigenvalue weighted by molar-refractivity contribution is 7.17. The van der Waals surface area contributed by atoms with Gasteiger partial charge in [-0.2, -0.15) is 0 Å². The molecule has 1 aliphatic heterocycles. The van der Waals surface area contributed by atoms with Crippen LogP contribution in [0.5, 0.6) is 0 Å². The van der Waals surface area contributed by atoms with Crippen molar-refractivity contribution in [1.29, 1.82) is 0 Å². The molecule has 7 heteroatoms. The third-order valence-corrected chi connectivity index (χ3v) is 9.26. The molecular formula is C29H45N3O3S. The van der Waals surface area contributed by atoms with Gasteiger partial charge in [-0.05, 0) is 72.9 Å². The lowest BCUT2D eigenvalue weighted by molar-refractivity contribution is -0.0551. The largest absolute Gasteiger partial charge is 0.385 e. The second kappa shape index (κ2) is 13.2. The van der Waals surface area contributed by atoms with E-state index in [-0.39, 0.29) is 18.0 Å². The maximum absolute atomic E-state index is 13.1. The van der Waals surface area contributed by atoms with Crippen LogP contribution in [0, 0.1) is 11.8 Å². The van der Waals surface area contributed by atoms with E-state index in [9.17, 15) is 9.90 Å². The highest BCUT2D eigenvalue weighted by atomic mass is 32.1. The number of nitrogens with one attached hydrogen (secondary N) is 1. The summed E-state index contributed by atoms with van der Waals surface area (Å²) < 4.78 is 6.45. The molecule has 2 aliphatic rings. The molecule has 2 fully saturated rings. The van der Waals surface area contributed by atoms with Crippen LogP contribution in [-0.4, -0.2) is 55.4 Å². The summed E-state index contributed by atoms with van der Waals surface area (Å²) in [7, 11) is 1.72. The molecule has 1 saturated heterocycles. The molecule has 1 aromatic heterocycles. The number of amides is 2. The fourth-order valence-corrected chi connectivity index (χ4v) is 7.20. The summed E-state index contributed by atoms with van der Waals surface area (Å²) in [5, 5.41) is 18.6. The van der Waals surface area contributed by atoms with Gasteiger partial charge >= 0.3 is 6.03 Å². The van der Waals surface area contributed by atoms with Crippen LogP contribution in [0.4, 0.5) is 4.79 Å². The molecule has 4 rings (SSSR count). The molecular weight excluding hydrogens is 470 g/mol. The molecule has 4 N–H and O–H groups in total. The lowest BCUT2D eigenvalue weighted by Crippen LogP contribution is -2.52. The number of hydrogen-bond acceptors (Lipinski definition) is 5. The average Bonchev–Trinajstić information content (AvgIpc) is 3.39. The summed E-state index contributed by atoms with van der Waals surface area (Å²) in [6.45, 7) is 2.50. The summed E-state index contributed by atoms with van der Waals surface area (Å²) in [5.74, 6) is 0.693. The molecule has 3 unspecified atom stereocenters. The van der Waals surface area contributed by atoms with Crippen molar-refractivity contribution in [2.75, 3.05) is 33.4 Å². The number of urea groups is 1. The Hall–Kier alpha value is -1.67. The molecule has 1 aliphatic carbocycles. The molecule has 6 nitrogen and oxygen atoms in total. The van der Waals surface area contributed by atoms with Gasteiger partial charge in [0.2, 0.25) is 0 Å². The van der Waals surface area contributed by atoms with Gasteiger partial charge in [-0.3, -0.25) is 0 Å². The summed E-state index contributed by atoms with van der Waals surface area (Å²) in [6, 6.07) is 8.33. The number of benzene rings is 1.